The van der Waals surface area contributed by atoms with Crippen LogP contribution in [0.3, 0.4) is 0 Å². The molecule has 4 aromatic rings. The van der Waals surface area contributed by atoms with Crippen molar-refractivity contribution in [3.8, 4) is 11.5 Å². The third-order valence-corrected chi connectivity index (χ3v) is 15.9. The van der Waals surface area contributed by atoms with Gasteiger partial charge < -0.3 is 18.3 Å². The van der Waals surface area contributed by atoms with Crippen molar-refractivity contribution in [1.82, 2.24) is 4.72 Å². The van der Waals surface area contributed by atoms with Crippen molar-refractivity contribution >= 4 is 29.3 Å². The monoisotopic (exact) mass is 607 g/mol. The highest BCUT2D eigenvalue weighted by Gasteiger charge is 2.47. The molecule has 0 aliphatic carbocycles. The van der Waals surface area contributed by atoms with Crippen LogP contribution in [-0.4, -0.2) is 36.1 Å². The normalized spacial score (nSPS) is 16.7. The van der Waals surface area contributed by atoms with Gasteiger partial charge in [0.15, 0.2) is 11.5 Å². The van der Waals surface area contributed by atoms with Crippen LogP contribution in [0.15, 0.2) is 88.2 Å². The van der Waals surface area contributed by atoms with E-state index in [4.69, 9.17) is 18.3 Å². The van der Waals surface area contributed by atoms with Crippen LogP contribution < -0.4 is 14.2 Å². The Morgan fingerprint density at radius 2 is 1.40 bits per heavy atom. The SMILES string of the molecule is CC(C)[Si](OC1COc2ccc(S(=O)(=O)NC(c3ccccc3)c3cc4ccccc4o3)cc2OC1)(C(C)C)C(C)C. The molecule has 1 N–H and O–H groups in total. The Bertz CT molecular complexity index is 1560. The predicted molar refractivity (Wildman–Crippen MR) is 168 cm³/mol. The quantitative estimate of drug-likeness (QED) is 0.185. The molecule has 1 aliphatic heterocycles. The largest absolute Gasteiger partial charge is 0.487 e. The molecule has 0 bridgehead atoms. The minimum absolute atomic E-state index is 0.0801. The zero-order valence-electron chi connectivity index (χ0n) is 25.2. The number of furan rings is 1. The van der Waals surface area contributed by atoms with Crippen molar-refractivity contribution in [2.24, 2.45) is 0 Å². The lowest BCUT2D eigenvalue weighted by molar-refractivity contribution is 0.0842. The molecule has 0 amide bonds. The van der Waals surface area contributed by atoms with Gasteiger partial charge in [-0.15, -0.1) is 0 Å². The average Bonchev–Trinajstić information content (AvgIpc) is 3.29. The zero-order valence-corrected chi connectivity index (χ0v) is 27.0. The molecule has 2 atom stereocenters. The number of hydrogen-bond acceptors (Lipinski definition) is 6. The van der Waals surface area contributed by atoms with Crippen LogP contribution in [0.4, 0.5) is 0 Å². The van der Waals surface area contributed by atoms with Gasteiger partial charge in [-0.1, -0.05) is 90.1 Å². The molecule has 9 heteroatoms. The highest BCUT2D eigenvalue weighted by molar-refractivity contribution is 7.89. The first-order valence-electron chi connectivity index (χ1n) is 14.6. The van der Waals surface area contributed by atoms with Gasteiger partial charge in [-0.05, 0) is 46.5 Å². The number of rotatable bonds is 10. The number of ether oxygens (including phenoxy) is 2. The van der Waals surface area contributed by atoms with E-state index in [1.54, 1.807) is 12.1 Å². The summed E-state index contributed by atoms with van der Waals surface area (Å²) in [5, 5.41) is 0.902. The maximum absolute atomic E-state index is 13.8. The van der Waals surface area contributed by atoms with E-state index in [0.717, 1.165) is 10.9 Å². The van der Waals surface area contributed by atoms with Gasteiger partial charge in [-0.2, -0.15) is 4.72 Å². The van der Waals surface area contributed by atoms with Crippen LogP contribution >= 0.6 is 0 Å². The first kappa shape index (κ1) is 30.3. The summed E-state index contributed by atoms with van der Waals surface area (Å²) in [6.07, 6.45) is -0.245. The van der Waals surface area contributed by atoms with Crippen molar-refractivity contribution in [1.29, 1.82) is 0 Å². The van der Waals surface area contributed by atoms with Gasteiger partial charge in [0, 0.05) is 11.5 Å². The fraction of sp³-hybridized carbons (Fsp3) is 0.394. The summed E-state index contributed by atoms with van der Waals surface area (Å²) in [5.41, 5.74) is 2.74. The van der Waals surface area contributed by atoms with Gasteiger partial charge in [0.05, 0.1) is 4.90 Å². The number of para-hydroxylation sites is 1. The second kappa shape index (κ2) is 12.2. The van der Waals surface area contributed by atoms with Crippen LogP contribution in [-0.2, 0) is 14.4 Å². The van der Waals surface area contributed by atoms with Crippen molar-refractivity contribution in [3.05, 3.63) is 90.2 Å². The number of benzene rings is 3. The predicted octanol–water partition coefficient (Wildman–Crippen LogP) is 7.83. The Hall–Kier alpha value is -3.11. The van der Waals surface area contributed by atoms with E-state index in [9.17, 15) is 8.42 Å². The summed E-state index contributed by atoms with van der Waals surface area (Å²) in [5.74, 6) is 1.39. The van der Waals surface area contributed by atoms with E-state index in [0.29, 0.717) is 46.1 Å². The minimum atomic E-state index is -3.98. The highest BCUT2D eigenvalue weighted by Crippen LogP contribution is 2.44. The molecule has 5 rings (SSSR count). The smallest absolute Gasteiger partial charge is 0.241 e. The van der Waals surface area contributed by atoms with Crippen molar-refractivity contribution in [3.63, 3.8) is 0 Å². The molecule has 1 aromatic heterocycles. The van der Waals surface area contributed by atoms with Crippen molar-refractivity contribution in [2.45, 2.75) is 75.2 Å². The van der Waals surface area contributed by atoms with Crippen molar-refractivity contribution < 1.29 is 26.7 Å². The van der Waals surface area contributed by atoms with Gasteiger partial charge in [0.25, 0.3) is 0 Å². The van der Waals surface area contributed by atoms with Crippen LogP contribution in [0.2, 0.25) is 16.6 Å². The second-order valence-electron chi connectivity index (χ2n) is 11.9. The van der Waals surface area contributed by atoms with Gasteiger partial charge in [0.2, 0.25) is 18.3 Å². The average molecular weight is 608 g/mol. The third kappa shape index (κ3) is 6.01. The summed E-state index contributed by atoms with van der Waals surface area (Å²) in [6.45, 7) is 14.1. The first-order chi connectivity index (χ1) is 20.0. The van der Waals surface area contributed by atoms with E-state index in [2.05, 4.69) is 46.3 Å². The van der Waals surface area contributed by atoms with Crippen LogP contribution in [0.1, 0.15) is 58.9 Å². The molecule has 42 heavy (non-hydrogen) atoms. The Kier molecular flexibility index (Phi) is 8.85. The van der Waals surface area contributed by atoms with E-state index in [1.165, 1.54) is 6.07 Å². The lowest BCUT2D eigenvalue weighted by atomic mass is 10.1. The number of sulfonamides is 1. The lowest BCUT2D eigenvalue weighted by Crippen LogP contribution is -2.52. The standard InChI is InChI=1S/C33H41NO6SSi/c1-22(2)42(23(3)4,24(5)6)40-27-20-37-30-17-16-28(19-31(30)38-21-27)41(35,36)34-33(25-12-8-7-9-13-25)32-18-26-14-10-11-15-29(26)39-32/h7-19,22-24,27,33-34H,20-21H2,1-6H3. The molecule has 224 valence electrons. The Morgan fingerprint density at radius 1 is 0.786 bits per heavy atom. The van der Waals surface area contributed by atoms with Crippen LogP contribution in [0.5, 0.6) is 11.5 Å². The summed E-state index contributed by atoms with van der Waals surface area (Å²) in [7, 11) is -6.14. The summed E-state index contributed by atoms with van der Waals surface area (Å²) in [6, 6.07) is 22.9. The molecular weight excluding hydrogens is 567 g/mol. The van der Waals surface area contributed by atoms with E-state index < -0.39 is 24.4 Å². The van der Waals surface area contributed by atoms with E-state index in [-0.39, 0.29) is 17.6 Å². The van der Waals surface area contributed by atoms with Crippen LogP contribution in [0, 0.1) is 0 Å². The third-order valence-electron chi connectivity index (χ3n) is 8.29. The molecule has 3 aromatic carbocycles. The molecule has 0 saturated carbocycles. The first-order valence-corrected chi connectivity index (χ1v) is 18.3. The molecule has 0 radical (unpaired) electrons. The summed E-state index contributed by atoms with van der Waals surface area (Å²) >= 11 is 0. The maximum Gasteiger partial charge on any atom is 0.241 e. The fourth-order valence-corrected chi connectivity index (χ4v) is 13.1. The van der Waals surface area contributed by atoms with Crippen LogP contribution in [0.25, 0.3) is 11.0 Å². The molecule has 0 fully saturated rings. The van der Waals surface area contributed by atoms with Crippen molar-refractivity contribution in [2.75, 3.05) is 13.2 Å². The molecule has 2 heterocycles. The fourth-order valence-electron chi connectivity index (χ4n) is 6.37. The van der Waals surface area contributed by atoms with Gasteiger partial charge in [-0.3, -0.25) is 0 Å². The molecule has 1 aliphatic rings. The minimum Gasteiger partial charge on any atom is -0.487 e. The number of fused-ring (bicyclic) bond motifs is 2. The van der Waals surface area contributed by atoms with Gasteiger partial charge in [-0.25, -0.2) is 8.42 Å². The Balaban J connectivity index is 1.39. The van der Waals surface area contributed by atoms with E-state index >= 15 is 0 Å². The molecule has 2 unspecified atom stereocenters. The zero-order chi connectivity index (χ0) is 30.1. The molecule has 0 saturated heterocycles. The number of nitrogens with one attached hydrogen (secondary N) is 1. The Morgan fingerprint density at radius 3 is 2.05 bits per heavy atom. The Labute approximate surface area is 250 Å². The van der Waals surface area contributed by atoms with Gasteiger partial charge >= 0.3 is 0 Å². The maximum atomic E-state index is 13.8. The molecule has 0 spiro atoms. The summed E-state index contributed by atoms with van der Waals surface area (Å²) < 4.78 is 55.7. The van der Waals surface area contributed by atoms with Gasteiger partial charge in [0.1, 0.15) is 36.7 Å². The molecular formula is C33H41NO6SSi. The topological polar surface area (TPSA) is 87.0 Å². The summed E-state index contributed by atoms with van der Waals surface area (Å²) in [4.78, 5) is 0.0801. The highest BCUT2D eigenvalue weighted by atomic mass is 32.2. The number of hydrogen-bond donors (Lipinski definition) is 1. The lowest BCUT2D eigenvalue weighted by Gasteiger charge is -2.44. The molecule has 7 nitrogen and oxygen atoms in total. The second-order valence-corrected chi connectivity index (χ2v) is 19.1. The van der Waals surface area contributed by atoms with E-state index in [1.807, 2.05) is 60.7 Å².